The maximum atomic E-state index is 12.1. The molecule has 4 nitrogen and oxygen atoms in total. The van der Waals surface area contributed by atoms with Gasteiger partial charge in [-0.15, -0.1) is 0 Å². The van der Waals surface area contributed by atoms with E-state index in [1.54, 1.807) is 12.1 Å². The van der Waals surface area contributed by atoms with E-state index < -0.39 is 6.10 Å². The molecule has 0 radical (unpaired) electrons. The molecule has 0 aromatic heterocycles. The Balaban J connectivity index is 2.06. The number of hydrogen-bond acceptors (Lipinski definition) is 3. The predicted molar refractivity (Wildman–Crippen MR) is 71.3 cm³/mol. The number of nitrogens with two attached hydrogens (primary N) is 1. The third-order valence-corrected chi connectivity index (χ3v) is 3.41. The van der Waals surface area contributed by atoms with Crippen molar-refractivity contribution in [1.29, 1.82) is 0 Å². The highest BCUT2D eigenvalue weighted by Gasteiger charge is 2.24. The van der Waals surface area contributed by atoms with Crippen LogP contribution >= 0.6 is 0 Å². The lowest BCUT2D eigenvalue weighted by molar-refractivity contribution is 0.0717. The van der Waals surface area contributed by atoms with Crippen molar-refractivity contribution in [3.8, 4) is 0 Å². The molecule has 0 unspecified atom stereocenters. The first-order chi connectivity index (χ1) is 8.56. The predicted octanol–water partition coefficient (Wildman–Crippen LogP) is 1.61. The second kappa shape index (κ2) is 5.40. The van der Waals surface area contributed by atoms with Gasteiger partial charge in [-0.25, -0.2) is 0 Å². The number of amides is 1. The number of carbonyl (C=O) groups excluding carboxylic acids is 1. The lowest BCUT2D eigenvalue weighted by atomic mass is 9.92. The molecule has 98 valence electrons. The average Bonchev–Trinajstić information content (AvgIpc) is 2.31. The summed E-state index contributed by atoms with van der Waals surface area (Å²) in [5.74, 6) is -0.156. The van der Waals surface area contributed by atoms with E-state index in [-0.39, 0.29) is 11.9 Å². The number of hydrogen-bond donors (Lipinski definition) is 3. The molecule has 4 heteroatoms. The highest BCUT2D eigenvalue weighted by atomic mass is 16.3. The monoisotopic (exact) mass is 248 g/mol. The molecule has 1 saturated carbocycles. The Hall–Kier alpha value is -1.55. The average molecular weight is 248 g/mol. The minimum absolute atomic E-state index is 0.131. The van der Waals surface area contributed by atoms with E-state index in [1.165, 1.54) is 0 Å². The molecule has 0 bridgehead atoms. The lowest BCUT2D eigenvalue weighted by Crippen LogP contribution is -2.45. The van der Waals surface area contributed by atoms with Crippen LogP contribution in [-0.4, -0.2) is 23.2 Å². The summed E-state index contributed by atoms with van der Waals surface area (Å²) in [6.45, 7) is 1.91. The number of aliphatic hydroxyl groups is 1. The highest BCUT2D eigenvalue weighted by Crippen LogP contribution is 2.19. The number of carbonyl (C=O) groups is 1. The zero-order valence-electron chi connectivity index (χ0n) is 10.6. The van der Waals surface area contributed by atoms with Gasteiger partial charge in [0.25, 0.3) is 5.91 Å². The zero-order chi connectivity index (χ0) is 13.1. The van der Waals surface area contributed by atoms with Gasteiger partial charge in [-0.05, 0) is 43.5 Å². The Labute approximate surface area is 107 Å². The van der Waals surface area contributed by atoms with Gasteiger partial charge in [-0.2, -0.15) is 0 Å². The number of anilines is 1. The van der Waals surface area contributed by atoms with Gasteiger partial charge in [0.05, 0.1) is 12.1 Å². The molecular weight excluding hydrogens is 228 g/mol. The van der Waals surface area contributed by atoms with Crippen LogP contribution in [0, 0.1) is 6.92 Å². The summed E-state index contributed by atoms with van der Waals surface area (Å²) >= 11 is 0. The number of aliphatic hydroxyl groups excluding tert-OH is 1. The van der Waals surface area contributed by atoms with Crippen molar-refractivity contribution in [3.05, 3.63) is 29.3 Å². The molecule has 2 atom stereocenters. The molecule has 0 spiro atoms. The third-order valence-electron chi connectivity index (χ3n) is 3.41. The van der Waals surface area contributed by atoms with E-state index in [4.69, 9.17) is 5.73 Å². The molecule has 1 fully saturated rings. The second-order valence-corrected chi connectivity index (χ2v) is 5.06. The standard InChI is InChI=1S/C14H20N2O2/c1-9-6-10(8-11(15)7-9)14(18)16-12-4-2-3-5-13(12)17/h6-8,12-13,17H,2-5,15H2,1H3,(H,16,18)/t12-,13-/m1/s1. The molecule has 1 aromatic carbocycles. The van der Waals surface area contributed by atoms with E-state index >= 15 is 0 Å². The van der Waals surface area contributed by atoms with Crippen molar-refractivity contribution in [2.24, 2.45) is 0 Å². The van der Waals surface area contributed by atoms with Crippen molar-refractivity contribution in [3.63, 3.8) is 0 Å². The van der Waals surface area contributed by atoms with E-state index in [2.05, 4.69) is 5.32 Å². The normalized spacial score (nSPS) is 23.7. The first-order valence-corrected chi connectivity index (χ1v) is 6.42. The van der Waals surface area contributed by atoms with Gasteiger partial charge in [-0.1, -0.05) is 12.8 Å². The van der Waals surface area contributed by atoms with Crippen LogP contribution in [0.4, 0.5) is 5.69 Å². The van der Waals surface area contributed by atoms with E-state index in [0.29, 0.717) is 11.3 Å². The fraction of sp³-hybridized carbons (Fsp3) is 0.500. The Morgan fingerprint density at radius 2 is 2.06 bits per heavy atom. The number of nitrogen functional groups attached to an aromatic ring is 1. The van der Waals surface area contributed by atoms with Crippen LogP contribution in [-0.2, 0) is 0 Å². The van der Waals surface area contributed by atoms with Crippen molar-refractivity contribution in [1.82, 2.24) is 5.32 Å². The van der Waals surface area contributed by atoms with Gasteiger partial charge in [-0.3, -0.25) is 4.79 Å². The van der Waals surface area contributed by atoms with Gasteiger partial charge in [0.2, 0.25) is 0 Å². The summed E-state index contributed by atoms with van der Waals surface area (Å²) in [5.41, 5.74) is 7.84. The molecular formula is C14H20N2O2. The molecule has 4 N–H and O–H groups in total. The Kier molecular flexibility index (Phi) is 3.87. The number of benzene rings is 1. The first kappa shape index (κ1) is 12.9. The van der Waals surface area contributed by atoms with Crippen LogP contribution in [0.15, 0.2) is 18.2 Å². The van der Waals surface area contributed by atoms with E-state index in [0.717, 1.165) is 31.2 Å². The van der Waals surface area contributed by atoms with Gasteiger partial charge in [0.1, 0.15) is 0 Å². The molecule has 1 aliphatic rings. The molecule has 18 heavy (non-hydrogen) atoms. The van der Waals surface area contributed by atoms with E-state index in [9.17, 15) is 9.90 Å². The largest absolute Gasteiger partial charge is 0.399 e. The van der Waals surface area contributed by atoms with Gasteiger partial charge >= 0.3 is 0 Å². The second-order valence-electron chi connectivity index (χ2n) is 5.06. The lowest BCUT2D eigenvalue weighted by Gasteiger charge is -2.28. The number of nitrogens with one attached hydrogen (secondary N) is 1. The van der Waals surface area contributed by atoms with E-state index in [1.807, 2.05) is 13.0 Å². The summed E-state index contributed by atoms with van der Waals surface area (Å²) in [7, 11) is 0. The minimum atomic E-state index is -0.426. The van der Waals surface area contributed by atoms with Crippen LogP contribution in [0.5, 0.6) is 0 Å². The van der Waals surface area contributed by atoms with Crippen molar-refractivity contribution in [2.75, 3.05) is 5.73 Å². The van der Waals surface area contributed by atoms with Crippen LogP contribution in [0.3, 0.4) is 0 Å². The summed E-state index contributed by atoms with van der Waals surface area (Å²) in [6.07, 6.45) is 3.27. The Morgan fingerprint density at radius 1 is 1.33 bits per heavy atom. The Morgan fingerprint density at radius 3 is 2.72 bits per heavy atom. The quantitative estimate of drug-likeness (QED) is 0.696. The van der Waals surface area contributed by atoms with Gasteiger partial charge < -0.3 is 16.2 Å². The van der Waals surface area contributed by atoms with Crippen molar-refractivity contribution >= 4 is 11.6 Å². The molecule has 0 aliphatic heterocycles. The molecule has 1 amide bonds. The maximum absolute atomic E-state index is 12.1. The fourth-order valence-electron chi connectivity index (χ4n) is 2.48. The van der Waals surface area contributed by atoms with Crippen molar-refractivity contribution in [2.45, 2.75) is 44.8 Å². The first-order valence-electron chi connectivity index (χ1n) is 6.42. The summed E-state index contributed by atoms with van der Waals surface area (Å²) in [4.78, 5) is 12.1. The highest BCUT2D eigenvalue weighted by molar-refractivity contribution is 5.95. The summed E-state index contributed by atoms with van der Waals surface area (Å²) in [6, 6.07) is 5.16. The van der Waals surface area contributed by atoms with Gasteiger partial charge in [0, 0.05) is 11.3 Å². The van der Waals surface area contributed by atoms with Crippen LogP contribution < -0.4 is 11.1 Å². The Bertz CT molecular complexity index is 425. The third kappa shape index (κ3) is 3.01. The summed E-state index contributed by atoms with van der Waals surface area (Å²) < 4.78 is 0. The fourth-order valence-corrected chi connectivity index (χ4v) is 2.48. The minimum Gasteiger partial charge on any atom is -0.399 e. The molecule has 1 aromatic rings. The topological polar surface area (TPSA) is 75.4 Å². The molecule has 2 rings (SSSR count). The van der Waals surface area contributed by atoms with Crippen LogP contribution in [0.25, 0.3) is 0 Å². The maximum Gasteiger partial charge on any atom is 0.251 e. The number of aryl methyl sites for hydroxylation is 1. The van der Waals surface area contributed by atoms with Crippen LogP contribution in [0.2, 0.25) is 0 Å². The SMILES string of the molecule is Cc1cc(N)cc(C(=O)N[C@@H]2CCCC[C@H]2O)c1. The smallest absolute Gasteiger partial charge is 0.251 e. The zero-order valence-corrected chi connectivity index (χ0v) is 10.6. The molecule has 1 aliphatic carbocycles. The molecule has 0 saturated heterocycles. The number of rotatable bonds is 2. The summed E-state index contributed by atoms with van der Waals surface area (Å²) in [5, 5.41) is 12.7. The van der Waals surface area contributed by atoms with Gasteiger partial charge in [0.15, 0.2) is 0 Å². The molecule has 0 heterocycles. The van der Waals surface area contributed by atoms with Crippen molar-refractivity contribution < 1.29 is 9.90 Å². The van der Waals surface area contributed by atoms with Crippen LogP contribution in [0.1, 0.15) is 41.6 Å².